The Bertz CT molecular complexity index is 638. The summed E-state index contributed by atoms with van der Waals surface area (Å²) in [5.41, 5.74) is 7.90. The van der Waals surface area contributed by atoms with Crippen LogP contribution in [0.4, 0.5) is 5.69 Å². The zero-order valence-electron chi connectivity index (χ0n) is 12.1. The molecule has 0 bridgehead atoms. The quantitative estimate of drug-likeness (QED) is 0.853. The minimum atomic E-state index is -0.151. The molecule has 1 aromatic carbocycles. The van der Waals surface area contributed by atoms with E-state index in [1.54, 1.807) is 31.2 Å². The van der Waals surface area contributed by atoms with Crippen molar-refractivity contribution in [1.82, 2.24) is 0 Å². The number of hydrogen-bond donors (Lipinski definition) is 1. The van der Waals surface area contributed by atoms with Gasteiger partial charge in [0.15, 0.2) is 11.6 Å². The van der Waals surface area contributed by atoms with E-state index < -0.39 is 0 Å². The largest absolute Gasteiger partial charge is 0.398 e. The van der Waals surface area contributed by atoms with Crippen LogP contribution in [0.5, 0.6) is 0 Å². The molecule has 0 unspecified atom stereocenters. The number of carbonyl (C=O) groups is 2. The number of Topliss-reactive ketones (excluding diaryl/α,β-unsaturated/α-hetero) is 2. The van der Waals surface area contributed by atoms with Crippen molar-refractivity contribution in [3.8, 4) is 0 Å². The number of allylic oxidation sites excluding steroid dienone is 4. The molecule has 0 spiro atoms. The number of hydrogen-bond acceptors (Lipinski definition) is 3. The highest BCUT2D eigenvalue weighted by Crippen LogP contribution is 2.30. The molecule has 0 amide bonds. The summed E-state index contributed by atoms with van der Waals surface area (Å²) in [6.07, 6.45) is 4.74. The molecule has 0 aliphatic heterocycles. The smallest absolute Gasteiger partial charge is 0.194 e. The summed E-state index contributed by atoms with van der Waals surface area (Å²) in [5, 5.41) is 0. The molecule has 0 heterocycles. The third-order valence-corrected chi connectivity index (χ3v) is 3.79. The highest BCUT2D eigenvalue weighted by atomic mass is 16.1. The van der Waals surface area contributed by atoms with Gasteiger partial charge in [-0.15, -0.1) is 0 Å². The second-order valence-electron chi connectivity index (χ2n) is 5.21. The third-order valence-electron chi connectivity index (χ3n) is 3.79. The van der Waals surface area contributed by atoms with Crippen molar-refractivity contribution in [1.29, 1.82) is 0 Å². The van der Waals surface area contributed by atoms with Crippen LogP contribution in [-0.2, 0) is 0 Å². The van der Waals surface area contributed by atoms with Crippen LogP contribution in [0.15, 0.2) is 41.5 Å². The molecule has 104 valence electrons. The minimum absolute atomic E-state index is 0.121. The first-order valence-electron chi connectivity index (χ1n) is 6.84. The summed E-state index contributed by atoms with van der Waals surface area (Å²) in [6.45, 7) is 5.85. The van der Waals surface area contributed by atoms with Crippen LogP contribution in [-0.4, -0.2) is 11.6 Å². The first kappa shape index (κ1) is 14.3. The maximum atomic E-state index is 12.5. The summed E-state index contributed by atoms with van der Waals surface area (Å²) < 4.78 is 0. The summed E-state index contributed by atoms with van der Waals surface area (Å²) >= 11 is 0. The van der Waals surface area contributed by atoms with E-state index in [0.717, 1.165) is 6.42 Å². The van der Waals surface area contributed by atoms with Gasteiger partial charge < -0.3 is 5.73 Å². The van der Waals surface area contributed by atoms with E-state index in [1.165, 1.54) is 0 Å². The van der Waals surface area contributed by atoms with E-state index >= 15 is 0 Å². The molecule has 1 aromatic rings. The van der Waals surface area contributed by atoms with Crippen LogP contribution in [0.1, 0.15) is 47.9 Å². The number of anilines is 1. The number of nitrogens with two attached hydrogens (primary N) is 1. The number of ketones is 2. The lowest BCUT2D eigenvalue weighted by Crippen LogP contribution is -2.21. The van der Waals surface area contributed by atoms with Crippen LogP contribution < -0.4 is 5.73 Å². The first-order valence-corrected chi connectivity index (χ1v) is 6.84. The number of carbonyl (C=O) groups excluding carboxylic acids is 2. The molecule has 0 saturated heterocycles. The molecule has 3 heteroatoms. The second kappa shape index (κ2) is 5.45. The Hall–Kier alpha value is -2.16. The Kier molecular flexibility index (Phi) is 3.89. The maximum Gasteiger partial charge on any atom is 0.194 e. The Morgan fingerprint density at radius 1 is 1.25 bits per heavy atom. The van der Waals surface area contributed by atoms with E-state index in [9.17, 15) is 9.59 Å². The highest BCUT2D eigenvalue weighted by Gasteiger charge is 2.29. The summed E-state index contributed by atoms with van der Waals surface area (Å²) in [5.74, 6) is 0.103. The van der Waals surface area contributed by atoms with E-state index in [0.29, 0.717) is 33.9 Å². The normalized spacial score (nSPS) is 16.8. The predicted molar refractivity (Wildman–Crippen MR) is 80.8 cm³/mol. The van der Waals surface area contributed by atoms with Crippen molar-refractivity contribution in [3.63, 3.8) is 0 Å². The fraction of sp³-hybridized carbons (Fsp3) is 0.294. The van der Waals surface area contributed by atoms with Crippen molar-refractivity contribution in [3.05, 3.63) is 52.6 Å². The van der Waals surface area contributed by atoms with Gasteiger partial charge in [-0.1, -0.05) is 44.6 Å². The molecule has 0 fully saturated rings. The molecule has 0 saturated carbocycles. The van der Waals surface area contributed by atoms with Gasteiger partial charge in [-0.2, -0.15) is 0 Å². The number of fused-ring (bicyclic) bond motifs is 1. The fourth-order valence-corrected chi connectivity index (χ4v) is 2.24. The second-order valence-corrected chi connectivity index (χ2v) is 5.21. The summed E-state index contributed by atoms with van der Waals surface area (Å²) in [7, 11) is 0. The van der Waals surface area contributed by atoms with Gasteiger partial charge in [0.25, 0.3) is 0 Å². The van der Waals surface area contributed by atoms with Crippen LogP contribution in [0.25, 0.3) is 0 Å². The van der Waals surface area contributed by atoms with Crippen LogP contribution in [0, 0.1) is 5.92 Å². The summed E-state index contributed by atoms with van der Waals surface area (Å²) in [4.78, 5) is 24.9. The number of nitrogen functional groups attached to an aromatic ring is 1. The monoisotopic (exact) mass is 269 g/mol. The van der Waals surface area contributed by atoms with Gasteiger partial charge in [0.1, 0.15) is 0 Å². The standard InChI is InChI=1S/C17H19NO2/c1-4-10(2)8-9-12-11(3)16(19)15-13(17(12)20)6-5-7-14(15)18/h5-10H,4,18H2,1-3H3/b9-8-/t10-/m1/s1. The lowest BCUT2D eigenvalue weighted by molar-refractivity contribution is 0.0978. The molecule has 0 radical (unpaired) electrons. The van der Waals surface area contributed by atoms with Gasteiger partial charge in [0.05, 0.1) is 5.56 Å². The molecule has 1 atom stereocenters. The SMILES string of the molecule is CC[C@@H](C)/C=C\C1=C(C)C(=O)c2c(N)cccc2C1=O. The molecular weight excluding hydrogens is 250 g/mol. The molecule has 1 aliphatic carbocycles. The minimum Gasteiger partial charge on any atom is -0.398 e. The lowest BCUT2D eigenvalue weighted by atomic mass is 9.83. The molecule has 20 heavy (non-hydrogen) atoms. The van der Waals surface area contributed by atoms with Crippen molar-refractivity contribution in [2.45, 2.75) is 27.2 Å². The molecule has 1 aliphatic rings. The van der Waals surface area contributed by atoms with Crippen LogP contribution in [0.3, 0.4) is 0 Å². The number of rotatable bonds is 3. The van der Waals surface area contributed by atoms with Gasteiger partial charge >= 0.3 is 0 Å². The van der Waals surface area contributed by atoms with Crippen molar-refractivity contribution >= 4 is 17.3 Å². The van der Waals surface area contributed by atoms with Gasteiger partial charge in [-0.05, 0) is 18.9 Å². The van der Waals surface area contributed by atoms with Gasteiger partial charge in [0, 0.05) is 22.4 Å². The molecule has 2 N–H and O–H groups in total. The average molecular weight is 269 g/mol. The highest BCUT2D eigenvalue weighted by molar-refractivity contribution is 6.29. The average Bonchev–Trinajstić information content (AvgIpc) is 2.44. The lowest BCUT2D eigenvalue weighted by Gasteiger charge is -2.18. The number of benzene rings is 1. The van der Waals surface area contributed by atoms with Crippen molar-refractivity contribution in [2.75, 3.05) is 5.73 Å². The van der Waals surface area contributed by atoms with Crippen LogP contribution >= 0.6 is 0 Å². The zero-order chi connectivity index (χ0) is 14.9. The zero-order valence-corrected chi connectivity index (χ0v) is 12.1. The van der Waals surface area contributed by atoms with E-state index in [2.05, 4.69) is 13.8 Å². The molecule has 0 aromatic heterocycles. The van der Waals surface area contributed by atoms with E-state index in [-0.39, 0.29) is 11.6 Å². The van der Waals surface area contributed by atoms with Gasteiger partial charge in [-0.25, -0.2) is 0 Å². The predicted octanol–water partition coefficient (Wildman–Crippen LogP) is 3.57. The molecular formula is C17H19NO2. The Morgan fingerprint density at radius 2 is 1.95 bits per heavy atom. The Labute approximate surface area is 119 Å². The van der Waals surface area contributed by atoms with Crippen molar-refractivity contribution < 1.29 is 9.59 Å². The first-order chi connectivity index (χ1) is 9.47. The van der Waals surface area contributed by atoms with Crippen LogP contribution in [0.2, 0.25) is 0 Å². The van der Waals surface area contributed by atoms with Gasteiger partial charge in [-0.3, -0.25) is 9.59 Å². The van der Waals surface area contributed by atoms with E-state index in [1.807, 2.05) is 6.08 Å². The molecule has 2 rings (SSSR count). The topological polar surface area (TPSA) is 60.2 Å². The summed E-state index contributed by atoms with van der Waals surface area (Å²) in [6, 6.07) is 5.02. The third kappa shape index (κ3) is 2.31. The maximum absolute atomic E-state index is 12.5. The Morgan fingerprint density at radius 3 is 2.60 bits per heavy atom. The van der Waals surface area contributed by atoms with Gasteiger partial charge in [0.2, 0.25) is 0 Å². The fourth-order valence-electron chi connectivity index (χ4n) is 2.24. The van der Waals surface area contributed by atoms with E-state index in [4.69, 9.17) is 5.73 Å². The van der Waals surface area contributed by atoms with Crippen molar-refractivity contribution in [2.24, 2.45) is 5.92 Å². The Balaban J connectivity index is 2.52. The molecule has 3 nitrogen and oxygen atoms in total.